The Balaban J connectivity index is 1.23. The highest BCUT2D eigenvalue weighted by Gasteiger charge is 2.58. The second kappa shape index (κ2) is 25.8. The molecule has 0 spiro atoms. The van der Waals surface area contributed by atoms with Gasteiger partial charge < -0.3 is 37.7 Å². The molecule has 2 bridgehead atoms. The fraction of sp³-hybridized carbons (Fsp3) is 0.356. The molecule has 15 heteroatoms. The minimum atomic E-state index is -4.41. The van der Waals surface area contributed by atoms with E-state index in [-0.39, 0.29) is 0 Å². The third-order valence-corrected chi connectivity index (χ3v) is 20.5. The predicted octanol–water partition coefficient (Wildman–Crippen LogP) is 17.4. The molecule has 1 N–H and O–H groups in total. The van der Waals surface area contributed by atoms with Crippen LogP contribution in [0, 0.1) is 0 Å². The fourth-order valence-electron chi connectivity index (χ4n) is 12.8. The van der Waals surface area contributed by atoms with E-state index in [1.807, 2.05) is 6.07 Å². The molecule has 4 aliphatic heterocycles. The first-order valence-electron chi connectivity index (χ1n) is 32.3. The van der Waals surface area contributed by atoms with Gasteiger partial charge in [0.25, 0.3) is 0 Å². The monoisotopic (exact) mass is 1190 g/mol. The molecule has 1 aromatic heterocycles. The molecule has 8 aromatic carbocycles. The molecule has 1 atom stereocenters. The summed E-state index contributed by atoms with van der Waals surface area (Å²) < 4.78 is 49.0. The van der Waals surface area contributed by atoms with Gasteiger partial charge in [0.2, 0.25) is 0 Å². The average molecular weight is 1190 g/mol. The lowest BCUT2D eigenvalue weighted by Crippen LogP contribution is -2.64. The number of nitrogens with one attached hydrogen (secondary N) is 1. The van der Waals surface area contributed by atoms with Crippen LogP contribution < -0.4 is 24.3 Å². The molecular weight excluding hydrogens is 1110 g/mol. The van der Waals surface area contributed by atoms with Gasteiger partial charge in [0, 0.05) is 57.8 Å². The number of aliphatic imine (C=N–C) groups is 5. The van der Waals surface area contributed by atoms with Gasteiger partial charge in [-0.2, -0.15) is 0 Å². The van der Waals surface area contributed by atoms with Crippen LogP contribution in [0.5, 0.6) is 23.0 Å². The topological polar surface area (TPSA) is 137 Å². The van der Waals surface area contributed by atoms with Crippen molar-refractivity contribution in [3.63, 3.8) is 0 Å². The molecule has 0 radical (unpaired) electrons. The standard InChI is InChI=1S/C73H80N8O6Si/c1-8-14-36-82-63-52-32-24-20-28-47(52)42-51-46-80-72(59(51)63)77-68-57-44-49-30-22-26-34-54(49)65(84-38-16-10-3)61(57)70(76-68)79-71-58-45-50-31-23-27-35-55(50)66(85-39-17-11-4)62(58)73(81(71)88(80,86-40-18-12-5)87-41-19-13-6)78-67-56-43-48-29-21-25-33-53(48)64(83-37-15-9-2)60(56)69(74-7)75-67/h20-35,42-45,68H,7-19,36-41,46H2,1-6H3,(H,76,79). The first-order chi connectivity index (χ1) is 43.4. The number of amidine groups is 4. The molecule has 5 heterocycles. The van der Waals surface area contributed by atoms with Gasteiger partial charge in [-0.1, -0.05) is 177 Å². The van der Waals surface area contributed by atoms with Crippen LogP contribution in [0.15, 0.2) is 146 Å². The molecule has 9 aromatic rings. The Hall–Kier alpha value is -8.37. The Morgan fingerprint density at radius 2 is 1.01 bits per heavy atom. The largest absolute Gasteiger partial charge is 0.597 e. The molecule has 13 rings (SSSR count). The summed E-state index contributed by atoms with van der Waals surface area (Å²) in [6.45, 7) is 20.5. The van der Waals surface area contributed by atoms with Crippen molar-refractivity contribution in [1.82, 2.24) is 14.1 Å². The van der Waals surface area contributed by atoms with Crippen LogP contribution in [0.3, 0.4) is 0 Å². The van der Waals surface area contributed by atoms with Gasteiger partial charge in [0.1, 0.15) is 52.5 Å². The highest BCUT2D eigenvalue weighted by molar-refractivity contribution is 6.68. The van der Waals surface area contributed by atoms with E-state index in [4.69, 9.17) is 47.8 Å². The van der Waals surface area contributed by atoms with Crippen LogP contribution >= 0.6 is 0 Å². The lowest BCUT2D eigenvalue weighted by molar-refractivity contribution is 0.118. The highest BCUT2D eigenvalue weighted by atomic mass is 28.4. The lowest BCUT2D eigenvalue weighted by Gasteiger charge is -2.40. The van der Waals surface area contributed by atoms with E-state index < -0.39 is 15.0 Å². The molecule has 1 unspecified atom stereocenters. The Kier molecular flexibility index (Phi) is 17.2. The molecular formula is C73H80N8O6Si. The van der Waals surface area contributed by atoms with Crippen LogP contribution in [-0.4, -0.2) is 87.4 Å². The molecule has 0 saturated carbocycles. The zero-order valence-corrected chi connectivity index (χ0v) is 52.8. The molecule has 14 nitrogen and oxygen atoms in total. The van der Waals surface area contributed by atoms with Crippen molar-refractivity contribution >= 4 is 104 Å². The van der Waals surface area contributed by atoms with E-state index in [1.165, 1.54) is 0 Å². The smallest absolute Gasteiger partial charge is 0.492 e. The SMILES string of the molecule is C=NC1=NC(=Nc2c3c(OCCCC)c4ccccc4cc3c3n2[Si](OCCCC)(OCCCC)N2Cc4cc5ccccc5c(OCCCC)c4C2=NC2NC(=N3)c3c2cc2ccccc2c3OCCCC)c2cc3ccccc3c(OCCCC)c21. The fourth-order valence-corrected chi connectivity index (χ4v) is 16.1. The second-order valence-electron chi connectivity index (χ2n) is 23.4. The molecule has 0 aliphatic carbocycles. The van der Waals surface area contributed by atoms with Crippen molar-refractivity contribution in [2.24, 2.45) is 25.0 Å². The van der Waals surface area contributed by atoms with Crippen molar-refractivity contribution in [2.75, 3.05) is 39.6 Å². The van der Waals surface area contributed by atoms with E-state index in [0.29, 0.717) is 92.7 Å². The van der Waals surface area contributed by atoms with Crippen LogP contribution in [0.4, 0.5) is 11.6 Å². The van der Waals surface area contributed by atoms with Gasteiger partial charge in [-0.15, -0.1) is 0 Å². The van der Waals surface area contributed by atoms with Crippen molar-refractivity contribution in [3.05, 3.63) is 155 Å². The maximum absolute atomic E-state index is 8.01. The molecule has 0 fully saturated rings. The Bertz CT molecular complexity index is 4270. The summed E-state index contributed by atoms with van der Waals surface area (Å²) in [7, 11) is -4.41. The summed E-state index contributed by atoms with van der Waals surface area (Å²) >= 11 is 0. The van der Waals surface area contributed by atoms with Crippen molar-refractivity contribution in [1.29, 1.82) is 0 Å². The number of aromatic nitrogens is 1. The maximum atomic E-state index is 8.01. The number of unbranched alkanes of at least 4 members (excludes halogenated alkanes) is 6. The van der Waals surface area contributed by atoms with Gasteiger partial charge in [0.05, 0.1) is 48.5 Å². The molecule has 88 heavy (non-hydrogen) atoms. The van der Waals surface area contributed by atoms with E-state index in [2.05, 4.69) is 183 Å². The number of fused-ring (bicyclic) bond motifs is 16. The summed E-state index contributed by atoms with van der Waals surface area (Å²) in [6.07, 6.45) is 10.0. The maximum Gasteiger partial charge on any atom is 0.597 e. The third-order valence-electron chi connectivity index (χ3n) is 17.3. The normalized spacial score (nSPS) is 15.9. The predicted molar refractivity (Wildman–Crippen MR) is 362 cm³/mol. The summed E-state index contributed by atoms with van der Waals surface area (Å²) in [5.41, 5.74) is 5.30. The zero-order chi connectivity index (χ0) is 60.3. The summed E-state index contributed by atoms with van der Waals surface area (Å²) in [6, 6.07) is 42.9. The van der Waals surface area contributed by atoms with E-state index in [1.54, 1.807) is 0 Å². The van der Waals surface area contributed by atoms with Crippen LogP contribution in [-0.2, 0) is 15.4 Å². The van der Waals surface area contributed by atoms with Gasteiger partial charge in [-0.3, -0.25) is 4.23 Å². The minimum absolute atomic E-state index is 0.373. The van der Waals surface area contributed by atoms with E-state index in [0.717, 1.165) is 176 Å². The van der Waals surface area contributed by atoms with Crippen molar-refractivity contribution in [2.45, 2.75) is 131 Å². The average Bonchev–Trinajstić information content (AvgIpc) is 1.58. The van der Waals surface area contributed by atoms with Gasteiger partial charge in [-0.05, 0) is 96.6 Å². The number of nitrogens with zero attached hydrogens (tertiary/aromatic N) is 7. The first kappa shape index (κ1) is 58.6. The van der Waals surface area contributed by atoms with E-state index in [9.17, 15) is 0 Å². The Morgan fingerprint density at radius 3 is 1.57 bits per heavy atom. The van der Waals surface area contributed by atoms with E-state index >= 15 is 0 Å². The number of hydrogen-bond acceptors (Lipinski definition) is 12. The quantitative estimate of drug-likeness (QED) is 0.0339. The lowest BCUT2D eigenvalue weighted by atomic mass is 9.99. The summed E-state index contributed by atoms with van der Waals surface area (Å²) in [5, 5.41) is 13.6. The summed E-state index contributed by atoms with van der Waals surface area (Å²) in [5.74, 6) is 6.26. The molecule has 0 amide bonds. The minimum Gasteiger partial charge on any atom is -0.492 e. The number of hydrogen-bond donors (Lipinski definition) is 1. The highest BCUT2D eigenvalue weighted by Crippen LogP contribution is 2.53. The van der Waals surface area contributed by atoms with Crippen molar-refractivity contribution in [3.8, 4) is 23.0 Å². The number of ether oxygens (including phenoxy) is 4. The molecule has 452 valence electrons. The van der Waals surface area contributed by atoms with Gasteiger partial charge in [-0.25, -0.2) is 25.0 Å². The molecule has 0 saturated heterocycles. The van der Waals surface area contributed by atoms with Crippen LogP contribution in [0.25, 0.3) is 53.9 Å². The zero-order valence-electron chi connectivity index (χ0n) is 51.8. The Labute approximate surface area is 517 Å². The number of rotatable bonds is 25. The van der Waals surface area contributed by atoms with Gasteiger partial charge >= 0.3 is 8.88 Å². The molecule has 4 aliphatic rings. The summed E-state index contributed by atoms with van der Waals surface area (Å²) in [4.78, 5) is 28.3. The van der Waals surface area contributed by atoms with Crippen LogP contribution in [0.1, 0.15) is 158 Å². The number of benzene rings is 8. The second-order valence-corrected chi connectivity index (χ2v) is 26.0. The first-order valence-corrected chi connectivity index (χ1v) is 34.0. The third kappa shape index (κ3) is 10.4. The Morgan fingerprint density at radius 1 is 0.534 bits per heavy atom. The van der Waals surface area contributed by atoms with Crippen molar-refractivity contribution < 1.29 is 27.8 Å². The van der Waals surface area contributed by atoms with Crippen LogP contribution in [0.2, 0.25) is 0 Å². The van der Waals surface area contributed by atoms with Gasteiger partial charge in [0.15, 0.2) is 11.7 Å².